The molecular formula is C26H21FN6O3S. The van der Waals surface area contributed by atoms with Gasteiger partial charge in [0.2, 0.25) is 11.8 Å². The predicted octanol–water partition coefficient (Wildman–Crippen LogP) is 4.81. The molecule has 1 unspecified atom stereocenters. The van der Waals surface area contributed by atoms with Gasteiger partial charge in [-0.25, -0.2) is 9.37 Å². The molecule has 0 bridgehead atoms. The lowest BCUT2D eigenvalue weighted by molar-refractivity contribution is -0.130. The number of hydrogen-bond donors (Lipinski definition) is 1. The van der Waals surface area contributed by atoms with Gasteiger partial charge in [0.05, 0.1) is 32.7 Å². The molecule has 0 spiro atoms. The number of anilines is 2. The van der Waals surface area contributed by atoms with Crippen molar-refractivity contribution in [3.63, 3.8) is 0 Å². The number of imidazole rings is 1. The number of thiophene rings is 1. The molecule has 2 N–H and O–H groups in total. The van der Waals surface area contributed by atoms with Crippen molar-refractivity contribution in [2.24, 2.45) is 18.7 Å². The van der Waals surface area contributed by atoms with Gasteiger partial charge in [-0.3, -0.25) is 24.5 Å². The molecule has 0 aliphatic rings. The van der Waals surface area contributed by atoms with Crippen molar-refractivity contribution in [3.05, 3.63) is 79.3 Å². The van der Waals surface area contributed by atoms with Gasteiger partial charge in [0, 0.05) is 44.0 Å². The molecule has 5 aromatic rings. The van der Waals surface area contributed by atoms with Crippen LogP contribution in [0.1, 0.15) is 6.92 Å². The molecule has 0 saturated carbocycles. The predicted molar refractivity (Wildman–Crippen MR) is 138 cm³/mol. The molecule has 2 amide bonds. The number of amides is 2. The molecule has 37 heavy (non-hydrogen) atoms. The van der Waals surface area contributed by atoms with E-state index < -0.39 is 23.5 Å². The third-order valence-electron chi connectivity index (χ3n) is 5.73. The summed E-state index contributed by atoms with van der Waals surface area (Å²) in [4.78, 5) is 39.7. The fourth-order valence-electron chi connectivity index (χ4n) is 3.74. The zero-order valence-corrected chi connectivity index (χ0v) is 20.6. The number of rotatable bonds is 7. The molecule has 186 valence electrons. The summed E-state index contributed by atoms with van der Waals surface area (Å²) in [6.45, 7) is 1.40. The Balaban J connectivity index is 1.49. The van der Waals surface area contributed by atoms with E-state index in [1.807, 2.05) is 23.9 Å². The summed E-state index contributed by atoms with van der Waals surface area (Å²) in [5, 5.41) is 0. The number of benzene rings is 1. The minimum atomic E-state index is -1.13. The maximum atomic E-state index is 15.3. The molecule has 0 fully saturated rings. The number of halogens is 1. The van der Waals surface area contributed by atoms with Crippen molar-refractivity contribution in [2.75, 3.05) is 4.90 Å². The normalized spacial score (nSPS) is 11.9. The van der Waals surface area contributed by atoms with Gasteiger partial charge in [-0.2, -0.15) is 0 Å². The zero-order valence-electron chi connectivity index (χ0n) is 19.8. The molecule has 9 nitrogen and oxygen atoms in total. The highest BCUT2D eigenvalue weighted by Crippen LogP contribution is 2.39. The van der Waals surface area contributed by atoms with Gasteiger partial charge in [-0.1, -0.05) is 0 Å². The second-order valence-electron chi connectivity index (χ2n) is 8.22. The molecule has 5 rings (SSSR count). The summed E-state index contributed by atoms with van der Waals surface area (Å²) >= 11 is 1.44. The van der Waals surface area contributed by atoms with E-state index in [-0.39, 0.29) is 11.4 Å². The van der Waals surface area contributed by atoms with Gasteiger partial charge in [-0.15, -0.1) is 11.3 Å². The van der Waals surface area contributed by atoms with Gasteiger partial charge in [0.1, 0.15) is 17.5 Å². The number of ether oxygens (including phenoxy) is 1. The summed E-state index contributed by atoms with van der Waals surface area (Å²) < 4.78 is 23.9. The van der Waals surface area contributed by atoms with E-state index in [2.05, 4.69) is 15.0 Å². The van der Waals surface area contributed by atoms with Crippen LogP contribution in [0.5, 0.6) is 11.5 Å². The summed E-state index contributed by atoms with van der Waals surface area (Å²) in [5.41, 5.74) is 6.62. The quantitative estimate of drug-likeness (QED) is 0.310. The molecule has 0 saturated heterocycles. The van der Waals surface area contributed by atoms with Crippen molar-refractivity contribution in [1.29, 1.82) is 0 Å². The first-order valence-corrected chi connectivity index (χ1v) is 12.0. The van der Waals surface area contributed by atoms with Gasteiger partial charge in [0.15, 0.2) is 11.6 Å². The Hall–Kier alpha value is -4.64. The van der Waals surface area contributed by atoms with Crippen LogP contribution in [0.3, 0.4) is 0 Å². The summed E-state index contributed by atoms with van der Waals surface area (Å²) in [7, 11) is 1.90. The summed E-state index contributed by atoms with van der Waals surface area (Å²) in [5.74, 6) is -2.04. The third-order valence-corrected chi connectivity index (χ3v) is 6.87. The topological polar surface area (TPSA) is 116 Å². The average molecular weight is 517 g/mol. The van der Waals surface area contributed by atoms with Crippen LogP contribution in [0, 0.1) is 11.7 Å². The number of nitrogens with zero attached hydrogens (tertiary/aromatic N) is 5. The Morgan fingerprint density at radius 3 is 2.59 bits per heavy atom. The van der Waals surface area contributed by atoms with E-state index in [0.29, 0.717) is 17.0 Å². The minimum Gasteiger partial charge on any atom is -0.453 e. The Morgan fingerprint density at radius 1 is 1.08 bits per heavy atom. The maximum absolute atomic E-state index is 15.3. The molecule has 1 atom stereocenters. The lowest BCUT2D eigenvalue weighted by atomic mass is 10.1. The average Bonchev–Trinajstić information content (AvgIpc) is 3.52. The van der Waals surface area contributed by atoms with Crippen LogP contribution in [-0.4, -0.2) is 31.3 Å². The fraction of sp³-hybridized carbons (Fsp3) is 0.115. The highest BCUT2D eigenvalue weighted by Gasteiger charge is 2.28. The first-order chi connectivity index (χ1) is 17.8. The van der Waals surface area contributed by atoms with Crippen LogP contribution < -0.4 is 15.4 Å². The number of pyridine rings is 2. The molecule has 4 aromatic heterocycles. The van der Waals surface area contributed by atoms with E-state index in [1.54, 1.807) is 36.8 Å². The monoisotopic (exact) mass is 516 g/mol. The van der Waals surface area contributed by atoms with E-state index in [4.69, 9.17) is 10.5 Å². The Morgan fingerprint density at radius 2 is 1.92 bits per heavy atom. The van der Waals surface area contributed by atoms with Crippen molar-refractivity contribution in [3.8, 4) is 22.2 Å². The molecule has 11 heteroatoms. The molecule has 1 aromatic carbocycles. The maximum Gasteiger partial charge on any atom is 0.243 e. The third kappa shape index (κ3) is 4.64. The Labute approximate surface area is 215 Å². The van der Waals surface area contributed by atoms with Crippen LogP contribution >= 0.6 is 11.3 Å². The van der Waals surface area contributed by atoms with Gasteiger partial charge >= 0.3 is 0 Å². The van der Waals surface area contributed by atoms with E-state index in [1.165, 1.54) is 47.6 Å². The van der Waals surface area contributed by atoms with Crippen LogP contribution in [0.15, 0.2) is 73.4 Å². The minimum absolute atomic E-state index is 0.0373. The van der Waals surface area contributed by atoms with Crippen molar-refractivity contribution < 1.29 is 18.7 Å². The largest absolute Gasteiger partial charge is 0.453 e. The standard InChI is InChI=1S/C26H21FN6O3S/c1-15(24(28)34)26(35)33(17-4-3-8-29-14-17)16-5-6-20(18(27)12-16)36-21-7-9-30-19-13-22(37-23(19)21)25-31-10-11-32(25)2/h3-15H,1-2H3,(H2,28,34). The smallest absolute Gasteiger partial charge is 0.243 e. The SMILES string of the molecule is CC(C(N)=O)C(=O)N(c1cccnc1)c1ccc(Oc2ccnc3cc(-c4nccn4C)sc23)c(F)c1. The van der Waals surface area contributed by atoms with Crippen LogP contribution in [0.25, 0.3) is 20.9 Å². The highest BCUT2D eigenvalue weighted by atomic mass is 32.1. The molecule has 0 aliphatic carbocycles. The molecular weight excluding hydrogens is 495 g/mol. The second-order valence-corrected chi connectivity index (χ2v) is 9.27. The number of aromatic nitrogens is 4. The van der Waals surface area contributed by atoms with Crippen LogP contribution in [0.4, 0.5) is 15.8 Å². The van der Waals surface area contributed by atoms with Crippen LogP contribution in [-0.2, 0) is 16.6 Å². The fourth-order valence-corrected chi connectivity index (χ4v) is 4.85. The number of carbonyl (C=O) groups is 2. The van der Waals surface area contributed by atoms with Crippen molar-refractivity contribution >= 4 is 44.7 Å². The summed E-state index contributed by atoms with van der Waals surface area (Å²) in [6, 6.07) is 11.0. The lowest BCUT2D eigenvalue weighted by Gasteiger charge is -2.25. The van der Waals surface area contributed by atoms with E-state index in [0.717, 1.165) is 15.4 Å². The highest BCUT2D eigenvalue weighted by molar-refractivity contribution is 7.22. The second kappa shape index (κ2) is 9.78. The van der Waals surface area contributed by atoms with Crippen LogP contribution in [0.2, 0.25) is 0 Å². The van der Waals surface area contributed by atoms with E-state index in [9.17, 15) is 9.59 Å². The Kier molecular flexibility index (Phi) is 6.36. The number of aryl methyl sites for hydroxylation is 1. The first kappa shape index (κ1) is 24.1. The number of primary amides is 1. The van der Waals surface area contributed by atoms with Gasteiger partial charge in [-0.05, 0) is 37.3 Å². The molecule has 4 heterocycles. The number of carbonyl (C=O) groups excluding carboxylic acids is 2. The van der Waals surface area contributed by atoms with E-state index >= 15 is 4.39 Å². The Bertz CT molecular complexity index is 1620. The number of hydrogen-bond acceptors (Lipinski definition) is 7. The molecule has 0 aliphatic heterocycles. The van der Waals surface area contributed by atoms with Crippen molar-refractivity contribution in [2.45, 2.75) is 6.92 Å². The number of fused-ring (bicyclic) bond motifs is 1. The van der Waals surface area contributed by atoms with Gasteiger partial charge in [0.25, 0.3) is 0 Å². The molecule has 0 radical (unpaired) electrons. The van der Waals surface area contributed by atoms with Gasteiger partial charge < -0.3 is 15.0 Å². The summed E-state index contributed by atoms with van der Waals surface area (Å²) in [6.07, 6.45) is 8.14. The zero-order chi connectivity index (χ0) is 26.1. The first-order valence-electron chi connectivity index (χ1n) is 11.2. The number of nitrogens with two attached hydrogens (primary N) is 1. The lowest BCUT2D eigenvalue weighted by Crippen LogP contribution is -2.38. The van der Waals surface area contributed by atoms with Crippen molar-refractivity contribution in [1.82, 2.24) is 19.5 Å².